The summed E-state index contributed by atoms with van der Waals surface area (Å²) in [7, 11) is 4.59. The van der Waals surface area contributed by atoms with Crippen molar-refractivity contribution >= 4 is 17.3 Å². The SMILES string of the molecule is COc1ccc(C(=O)NCC(=O)c2ccc(OC)c(C3=CCc4ccccc43)n2)cc1OC. The predicted octanol–water partition coefficient (Wildman–Crippen LogP) is 3.71. The van der Waals surface area contributed by atoms with E-state index in [9.17, 15) is 9.59 Å². The van der Waals surface area contributed by atoms with Gasteiger partial charge >= 0.3 is 0 Å². The van der Waals surface area contributed by atoms with Crippen molar-refractivity contribution in [2.24, 2.45) is 0 Å². The number of ketones is 1. The van der Waals surface area contributed by atoms with Gasteiger partial charge in [-0.2, -0.15) is 0 Å². The lowest BCUT2D eigenvalue weighted by molar-refractivity contribution is 0.0902. The van der Waals surface area contributed by atoms with Crippen LogP contribution in [0.1, 0.15) is 37.7 Å². The smallest absolute Gasteiger partial charge is 0.251 e. The molecule has 33 heavy (non-hydrogen) atoms. The topological polar surface area (TPSA) is 86.8 Å². The molecule has 1 N–H and O–H groups in total. The Hall–Kier alpha value is -4.13. The van der Waals surface area contributed by atoms with Crippen LogP contribution in [0.25, 0.3) is 5.57 Å². The quantitative estimate of drug-likeness (QED) is 0.533. The van der Waals surface area contributed by atoms with Crippen molar-refractivity contribution in [3.05, 3.63) is 88.8 Å². The Morgan fingerprint density at radius 3 is 2.39 bits per heavy atom. The van der Waals surface area contributed by atoms with Crippen molar-refractivity contribution in [3.63, 3.8) is 0 Å². The number of ether oxygens (including phenoxy) is 3. The summed E-state index contributed by atoms with van der Waals surface area (Å²) in [4.78, 5) is 30.0. The van der Waals surface area contributed by atoms with E-state index in [0.717, 1.165) is 17.6 Å². The van der Waals surface area contributed by atoms with E-state index < -0.39 is 5.91 Å². The Labute approximate surface area is 192 Å². The van der Waals surface area contributed by atoms with E-state index in [2.05, 4.69) is 22.4 Å². The molecule has 1 aliphatic rings. The third-order valence-electron chi connectivity index (χ3n) is 5.51. The van der Waals surface area contributed by atoms with E-state index in [-0.39, 0.29) is 18.0 Å². The molecule has 0 aliphatic heterocycles. The van der Waals surface area contributed by atoms with Crippen LogP contribution in [0.2, 0.25) is 0 Å². The zero-order valence-electron chi connectivity index (χ0n) is 18.7. The second kappa shape index (κ2) is 9.56. The number of fused-ring (bicyclic) bond motifs is 1. The van der Waals surface area contributed by atoms with Gasteiger partial charge in [-0.25, -0.2) is 4.98 Å². The molecule has 1 heterocycles. The zero-order chi connectivity index (χ0) is 23.4. The van der Waals surface area contributed by atoms with Gasteiger partial charge in [0.2, 0.25) is 0 Å². The van der Waals surface area contributed by atoms with Crippen LogP contribution in [0, 0.1) is 0 Å². The lowest BCUT2D eigenvalue weighted by Crippen LogP contribution is -2.30. The molecule has 7 nitrogen and oxygen atoms in total. The molecule has 0 fully saturated rings. The maximum absolute atomic E-state index is 12.8. The minimum absolute atomic E-state index is 0.193. The first-order valence-electron chi connectivity index (χ1n) is 10.4. The van der Waals surface area contributed by atoms with Gasteiger partial charge in [0.1, 0.15) is 17.1 Å². The number of pyridine rings is 1. The van der Waals surface area contributed by atoms with Crippen LogP contribution in [-0.4, -0.2) is 44.5 Å². The average Bonchev–Trinajstić information content (AvgIpc) is 3.30. The van der Waals surface area contributed by atoms with Crippen LogP contribution in [0.5, 0.6) is 17.2 Å². The molecule has 0 bridgehead atoms. The standard InChI is InChI=1S/C26H24N2O5/c1-31-22-12-9-17(14-24(22)33-3)26(30)27-15-21(29)20-11-13-23(32-2)25(28-20)19-10-8-16-6-4-5-7-18(16)19/h4-7,9-14H,8,15H2,1-3H3,(H,27,30). The number of nitrogens with one attached hydrogen (secondary N) is 1. The number of Topliss-reactive ketones (excluding diaryl/α,β-unsaturated/α-hetero) is 1. The van der Waals surface area contributed by atoms with E-state index in [1.807, 2.05) is 18.2 Å². The summed E-state index contributed by atoms with van der Waals surface area (Å²) in [5, 5.41) is 2.65. The molecular weight excluding hydrogens is 420 g/mol. The van der Waals surface area contributed by atoms with Crippen molar-refractivity contribution in [3.8, 4) is 17.2 Å². The molecule has 7 heteroatoms. The predicted molar refractivity (Wildman–Crippen MR) is 124 cm³/mol. The fraction of sp³-hybridized carbons (Fsp3) is 0.192. The highest BCUT2D eigenvalue weighted by Gasteiger charge is 2.21. The normalized spacial score (nSPS) is 11.9. The number of methoxy groups -OCH3 is 3. The molecular formula is C26H24N2O5. The minimum Gasteiger partial charge on any atom is -0.494 e. The van der Waals surface area contributed by atoms with Crippen molar-refractivity contribution in [1.82, 2.24) is 10.3 Å². The van der Waals surface area contributed by atoms with Crippen molar-refractivity contribution in [2.75, 3.05) is 27.9 Å². The highest BCUT2D eigenvalue weighted by molar-refractivity contribution is 6.02. The van der Waals surface area contributed by atoms with Gasteiger partial charge < -0.3 is 19.5 Å². The van der Waals surface area contributed by atoms with Gasteiger partial charge in [-0.1, -0.05) is 30.3 Å². The Kier molecular flexibility index (Phi) is 6.40. The number of rotatable bonds is 8. The van der Waals surface area contributed by atoms with Gasteiger partial charge in [0.25, 0.3) is 5.91 Å². The molecule has 3 aromatic rings. The van der Waals surface area contributed by atoms with Crippen LogP contribution >= 0.6 is 0 Å². The van der Waals surface area contributed by atoms with Gasteiger partial charge in [-0.05, 0) is 47.9 Å². The molecule has 168 valence electrons. The number of benzene rings is 2. The van der Waals surface area contributed by atoms with Crippen LogP contribution in [0.3, 0.4) is 0 Å². The van der Waals surface area contributed by atoms with Crippen LogP contribution in [-0.2, 0) is 6.42 Å². The number of carbonyl (C=O) groups excluding carboxylic acids is 2. The fourth-order valence-electron chi connectivity index (χ4n) is 3.80. The van der Waals surface area contributed by atoms with Gasteiger partial charge in [0, 0.05) is 11.1 Å². The minimum atomic E-state index is -0.398. The summed E-state index contributed by atoms with van der Waals surface area (Å²) >= 11 is 0. The highest BCUT2D eigenvalue weighted by Crippen LogP contribution is 2.36. The maximum Gasteiger partial charge on any atom is 0.251 e. The van der Waals surface area contributed by atoms with Crippen LogP contribution < -0.4 is 19.5 Å². The lowest BCUT2D eigenvalue weighted by Gasteiger charge is -2.12. The van der Waals surface area contributed by atoms with E-state index >= 15 is 0 Å². The van der Waals surface area contributed by atoms with E-state index in [4.69, 9.17) is 14.2 Å². The summed E-state index contributed by atoms with van der Waals surface area (Å²) < 4.78 is 15.9. The molecule has 0 atom stereocenters. The lowest BCUT2D eigenvalue weighted by atomic mass is 10.0. The zero-order valence-corrected chi connectivity index (χ0v) is 18.7. The molecule has 0 saturated carbocycles. The molecule has 0 spiro atoms. The third kappa shape index (κ3) is 4.43. The number of amides is 1. The van der Waals surface area contributed by atoms with E-state index in [0.29, 0.717) is 28.5 Å². The number of hydrogen-bond donors (Lipinski definition) is 1. The van der Waals surface area contributed by atoms with Crippen LogP contribution in [0.15, 0.2) is 60.7 Å². The van der Waals surface area contributed by atoms with E-state index in [1.54, 1.807) is 37.4 Å². The number of allylic oxidation sites excluding steroid dienone is 1. The fourth-order valence-corrected chi connectivity index (χ4v) is 3.80. The first-order chi connectivity index (χ1) is 16.0. The van der Waals surface area contributed by atoms with E-state index in [1.165, 1.54) is 19.8 Å². The summed E-state index contributed by atoms with van der Waals surface area (Å²) in [6.07, 6.45) is 2.89. The van der Waals surface area contributed by atoms with Gasteiger partial charge in [0.15, 0.2) is 17.3 Å². The first kappa shape index (κ1) is 22.1. The average molecular weight is 444 g/mol. The largest absolute Gasteiger partial charge is 0.494 e. The molecule has 0 saturated heterocycles. The summed E-state index contributed by atoms with van der Waals surface area (Å²) in [6, 6.07) is 16.2. The summed E-state index contributed by atoms with van der Waals surface area (Å²) in [5.74, 6) is 0.833. The summed E-state index contributed by atoms with van der Waals surface area (Å²) in [5.41, 5.74) is 4.44. The van der Waals surface area contributed by atoms with Gasteiger partial charge in [-0.15, -0.1) is 0 Å². The highest BCUT2D eigenvalue weighted by atomic mass is 16.5. The number of carbonyl (C=O) groups is 2. The second-order valence-electron chi connectivity index (χ2n) is 7.40. The monoisotopic (exact) mass is 444 g/mol. The number of nitrogens with zero attached hydrogens (tertiary/aromatic N) is 1. The number of aromatic nitrogens is 1. The Morgan fingerprint density at radius 1 is 0.909 bits per heavy atom. The molecule has 0 radical (unpaired) electrons. The molecule has 1 amide bonds. The molecule has 1 aromatic heterocycles. The summed E-state index contributed by atoms with van der Waals surface area (Å²) in [6.45, 7) is -0.193. The molecule has 1 aliphatic carbocycles. The second-order valence-corrected chi connectivity index (χ2v) is 7.40. The third-order valence-corrected chi connectivity index (χ3v) is 5.51. The van der Waals surface area contributed by atoms with Crippen LogP contribution in [0.4, 0.5) is 0 Å². The molecule has 4 rings (SSSR count). The van der Waals surface area contributed by atoms with Gasteiger partial charge in [-0.3, -0.25) is 9.59 Å². The number of hydrogen-bond acceptors (Lipinski definition) is 6. The first-order valence-corrected chi connectivity index (χ1v) is 10.4. The van der Waals surface area contributed by atoms with Crippen molar-refractivity contribution in [2.45, 2.75) is 6.42 Å². The van der Waals surface area contributed by atoms with Gasteiger partial charge in [0.05, 0.1) is 27.9 Å². The van der Waals surface area contributed by atoms with Crippen molar-refractivity contribution < 1.29 is 23.8 Å². The van der Waals surface area contributed by atoms with Crippen molar-refractivity contribution in [1.29, 1.82) is 0 Å². The molecule has 2 aromatic carbocycles. The Balaban J connectivity index is 1.51. The Bertz CT molecular complexity index is 1250. The Morgan fingerprint density at radius 2 is 1.64 bits per heavy atom. The maximum atomic E-state index is 12.8. The molecule has 0 unspecified atom stereocenters.